The van der Waals surface area contributed by atoms with Gasteiger partial charge in [-0.3, -0.25) is 4.79 Å². The summed E-state index contributed by atoms with van der Waals surface area (Å²) < 4.78 is 5.27. The third-order valence-corrected chi connectivity index (χ3v) is 3.03. The number of aromatic amines is 1. The number of hydrogen-bond acceptors (Lipinski definition) is 4. The monoisotopic (exact) mass is 279 g/mol. The van der Waals surface area contributed by atoms with Gasteiger partial charge in [0.15, 0.2) is 5.82 Å². The fourth-order valence-corrected chi connectivity index (χ4v) is 1.90. The zero-order valence-electron chi connectivity index (χ0n) is 10.4. The maximum atomic E-state index is 11.3. The van der Waals surface area contributed by atoms with Crippen molar-refractivity contribution in [2.24, 2.45) is 0 Å². The van der Waals surface area contributed by atoms with Crippen molar-refractivity contribution in [3.05, 3.63) is 51.5 Å². The summed E-state index contributed by atoms with van der Waals surface area (Å²) in [7, 11) is 1.64. The van der Waals surface area contributed by atoms with Crippen molar-refractivity contribution in [2.75, 3.05) is 19.0 Å². The SMILES string of the molecule is COc1ccccc1CCNc1nc[nH]c(=O)c1Cl. The van der Waals surface area contributed by atoms with Crippen LogP contribution in [0.5, 0.6) is 5.75 Å². The van der Waals surface area contributed by atoms with Gasteiger partial charge in [-0.2, -0.15) is 0 Å². The number of halogens is 1. The summed E-state index contributed by atoms with van der Waals surface area (Å²) in [6.07, 6.45) is 2.06. The Labute approximate surface area is 115 Å². The largest absolute Gasteiger partial charge is 0.496 e. The Bertz CT molecular complexity index is 613. The highest BCUT2D eigenvalue weighted by molar-refractivity contribution is 6.32. The maximum absolute atomic E-state index is 11.3. The molecule has 5 nitrogen and oxygen atoms in total. The van der Waals surface area contributed by atoms with Crippen LogP contribution in [-0.2, 0) is 6.42 Å². The quantitative estimate of drug-likeness (QED) is 0.879. The van der Waals surface area contributed by atoms with Crippen LogP contribution in [0.2, 0.25) is 5.02 Å². The topological polar surface area (TPSA) is 67.0 Å². The molecule has 19 heavy (non-hydrogen) atoms. The van der Waals surface area contributed by atoms with E-state index in [0.29, 0.717) is 12.4 Å². The molecule has 0 radical (unpaired) electrons. The summed E-state index contributed by atoms with van der Waals surface area (Å²) in [6, 6.07) is 7.78. The van der Waals surface area contributed by atoms with Crippen LogP contribution in [0.25, 0.3) is 0 Å². The molecule has 100 valence electrons. The minimum Gasteiger partial charge on any atom is -0.496 e. The lowest BCUT2D eigenvalue weighted by Crippen LogP contribution is -2.13. The molecule has 0 saturated carbocycles. The second-order valence-electron chi connectivity index (χ2n) is 3.88. The summed E-state index contributed by atoms with van der Waals surface area (Å²) in [5, 5.41) is 3.11. The molecule has 0 aliphatic heterocycles. The van der Waals surface area contributed by atoms with Crippen LogP contribution >= 0.6 is 11.6 Å². The predicted octanol–water partition coefficient (Wildman–Crippen LogP) is 2.09. The van der Waals surface area contributed by atoms with Crippen LogP contribution in [0, 0.1) is 0 Å². The van der Waals surface area contributed by atoms with Gasteiger partial charge in [0, 0.05) is 6.54 Å². The number of anilines is 1. The Balaban J connectivity index is 2.00. The molecule has 0 aliphatic carbocycles. The van der Waals surface area contributed by atoms with Gasteiger partial charge in [-0.1, -0.05) is 29.8 Å². The van der Waals surface area contributed by atoms with E-state index in [1.54, 1.807) is 7.11 Å². The van der Waals surface area contributed by atoms with Crippen LogP contribution in [0.4, 0.5) is 5.82 Å². The minimum atomic E-state index is -0.351. The van der Waals surface area contributed by atoms with E-state index in [1.807, 2.05) is 24.3 Å². The van der Waals surface area contributed by atoms with Gasteiger partial charge >= 0.3 is 0 Å². The van der Waals surface area contributed by atoms with Gasteiger partial charge in [0.2, 0.25) is 0 Å². The first kappa shape index (κ1) is 13.4. The Morgan fingerprint density at radius 1 is 1.42 bits per heavy atom. The molecule has 0 unspecified atom stereocenters. The predicted molar refractivity (Wildman–Crippen MR) is 75.1 cm³/mol. The molecule has 0 fully saturated rings. The van der Waals surface area contributed by atoms with E-state index in [1.165, 1.54) is 6.33 Å². The molecule has 0 aliphatic rings. The number of rotatable bonds is 5. The van der Waals surface area contributed by atoms with E-state index in [4.69, 9.17) is 16.3 Å². The number of H-pyrrole nitrogens is 1. The second-order valence-corrected chi connectivity index (χ2v) is 4.26. The van der Waals surface area contributed by atoms with E-state index in [0.717, 1.165) is 17.7 Å². The summed E-state index contributed by atoms with van der Waals surface area (Å²) in [4.78, 5) is 17.7. The van der Waals surface area contributed by atoms with Gasteiger partial charge in [-0.25, -0.2) is 4.98 Å². The van der Waals surface area contributed by atoms with Gasteiger partial charge in [0.25, 0.3) is 5.56 Å². The number of aromatic nitrogens is 2. The van der Waals surface area contributed by atoms with E-state index < -0.39 is 0 Å². The highest BCUT2D eigenvalue weighted by atomic mass is 35.5. The number of methoxy groups -OCH3 is 1. The summed E-state index contributed by atoms with van der Waals surface area (Å²) in [6.45, 7) is 0.608. The summed E-state index contributed by atoms with van der Waals surface area (Å²) >= 11 is 5.84. The van der Waals surface area contributed by atoms with Gasteiger partial charge in [0.1, 0.15) is 10.8 Å². The van der Waals surface area contributed by atoms with E-state index in [9.17, 15) is 4.79 Å². The molecule has 1 heterocycles. The van der Waals surface area contributed by atoms with Crippen LogP contribution < -0.4 is 15.6 Å². The first-order valence-corrected chi connectivity index (χ1v) is 6.19. The molecule has 0 saturated heterocycles. The number of nitrogens with one attached hydrogen (secondary N) is 2. The van der Waals surface area contributed by atoms with Crippen molar-refractivity contribution in [1.29, 1.82) is 0 Å². The molecule has 2 N–H and O–H groups in total. The summed E-state index contributed by atoms with van der Waals surface area (Å²) in [5.74, 6) is 1.23. The number of hydrogen-bond donors (Lipinski definition) is 2. The van der Waals surface area contributed by atoms with Crippen molar-refractivity contribution in [1.82, 2.24) is 9.97 Å². The highest BCUT2D eigenvalue weighted by Gasteiger charge is 2.06. The Kier molecular flexibility index (Phi) is 4.41. The zero-order valence-corrected chi connectivity index (χ0v) is 11.2. The molecule has 2 aromatic rings. The molecular weight excluding hydrogens is 266 g/mol. The van der Waals surface area contributed by atoms with Crippen LogP contribution in [0.15, 0.2) is 35.4 Å². The van der Waals surface area contributed by atoms with Gasteiger partial charge < -0.3 is 15.0 Å². The van der Waals surface area contributed by atoms with Crippen molar-refractivity contribution in [2.45, 2.75) is 6.42 Å². The number of para-hydroxylation sites is 1. The van der Waals surface area contributed by atoms with Crippen molar-refractivity contribution in [3.63, 3.8) is 0 Å². The molecule has 0 spiro atoms. The smallest absolute Gasteiger partial charge is 0.271 e. The standard InChI is InChI=1S/C13H14ClN3O2/c1-19-10-5-3-2-4-9(10)6-7-15-12-11(14)13(18)17-8-16-12/h2-5,8H,6-7H2,1H3,(H2,15,16,17,18). The Hall–Kier alpha value is -2.01. The lowest BCUT2D eigenvalue weighted by Gasteiger charge is -2.09. The van der Waals surface area contributed by atoms with E-state index in [2.05, 4.69) is 15.3 Å². The Morgan fingerprint density at radius 3 is 3.00 bits per heavy atom. The normalized spacial score (nSPS) is 10.2. The molecular formula is C13H14ClN3O2. The first-order valence-electron chi connectivity index (χ1n) is 5.81. The average molecular weight is 280 g/mol. The molecule has 0 amide bonds. The molecule has 0 bridgehead atoms. The van der Waals surface area contributed by atoms with Gasteiger partial charge in [-0.05, 0) is 18.1 Å². The average Bonchev–Trinajstić information content (AvgIpc) is 2.44. The van der Waals surface area contributed by atoms with Gasteiger partial charge in [0.05, 0.1) is 13.4 Å². The molecule has 6 heteroatoms. The molecule has 1 aromatic heterocycles. The van der Waals surface area contributed by atoms with E-state index in [-0.39, 0.29) is 10.6 Å². The third kappa shape index (κ3) is 3.26. The lowest BCUT2D eigenvalue weighted by molar-refractivity contribution is 0.410. The maximum Gasteiger partial charge on any atom is 0.271 e. The second kappa shape index (κ2) is 6.24. The number of ether oxygens (including phenoxy) is 1. The fraction of sp³-hybridized carbons (Fsp3) is 0.231. The molecule has 0 atom stereocenters. The molecule has 1 aromatic carbocycles. The zero-order chi connectivity index (χ0) is 13.7. The Morgan fingerprint density at radius 2 is 2.21 bits per heavy atom. The third-order valence-electron chi connectivity index (χ3n) is 2.68. The highest BCUT2D eigenvalue weighted by Crippen LogP contribution is 2.18. The van der Waals surface area contributed by atoms with Gasteiger partial charge in [-0.15, -0.1) is 0 Å². The van der Waals surface area contributed by atoms with Crippen molar-refractivity contribution >= 4 is 17.4 Å². The van der Waals surface area contributed by atoms with Crippen LogP contribution in [0.3, 0.4) is 0 Å². The first-order chi connectivity index (χ1) is 9.22. The lowest BCUT2D eigenvalue weighted by atomic mass is 10.1. The fourth-order valence-electron chi connectivity index (χ4n) is 1.73. The van der Waals surface area contributed by atoms with Crippen molar-refractivity contribution in [3.8, 4) is 5.75 Å². The summed E-state index contributed by atoms with van der Waals surface area (Å²) in [5.41, 5.74) is 0.731. The minimum absolute atomic E-state index is 0.0718. The van der Waals surface area contributed by atoms with Crippen LogP contribution in [0.1, 0.15) is 5.56 Å². The van der Waals surface area contributed by atoms with Crippen LogP contribution in [-0.4, -0.2) is 23.6 Å². The number of benzene rings is 1. The number of nitrogens with zero attached hydrogens (tertiary/aromatic N) is 1. The van der Waals surface area contributed by atoms with Crippen molar-refractivity contribution < 1.29 is 4.74 Å². The molecule has 2 rings (SSSR count). The van der Waals surface area contributed by atoms with E-state index >= 15 is 0 Å².